The lowest BCUT2D eigenvalue weighted by Gasteiger charge is -2.36. The second kappa shape index (κ2) is 5.50. The molecule has 0 aliphatic carbocycles. The van der Waals surface area contributed by atoms with Gasteiger partial charge in [0.1, 0.15) is 11.8 Å². The summed E-state index contributed by atoms with van der Waals surface area (Å²) in [5.41, 5.74) is 5.43. The summed E-state index contributed by atoms with van der Waals surface area (Å²) >= 11 is 0. The van der Waals surface area contributed by atoms with Gasteiger partial charge in [-0.2, -0.15) is 0 Å². The third-order valence-corrected chi connectivity index (χ3v) is 2.70. The van der Waals surface area contributed by atoms with E-state index in [0.29, 0.717) is 12.3 Å². The minimum Gasteiger partial charge on any atom is -0.484 e. The highest BCUT2D eigenvalue weighted by Crippen LogP contribution is 2.08. The van der Waals surface area contributed by atoms with Crippen LogP contribution >= 0.6 is 0 Å². The SMILES string of the molecule is NC[C@@H]1NC(=O)[C@@H]1NC(=O)COc1ccccc1. The molecule has 0 saturated carbocycles. The molecule has 6 nitrogen and oxygen atoms in total. The Hall–Kier alpha value is -2.08. The van der Waals surface area contributed by atoms with Crippen LogP contribution in [0, 0.1) is 0 Å². The molecule has 2 rings (SSSR count). The molecule has 0 aromatic heterocycles. The highest BCUT2D eigenvalue weighted by molar-refractivity contribution is 5.93. The van der Waals surface area contributed by atoms with Crippen molar-refractivity contribution in [3.05, 3.63) is 30.3 Å². The third kappa shape index (κ3) is 2.78. The molecule has 0 bridgehead atoms. The van der Waals surface area contributed by atoms with Gasteiger partial charge in [-0.25, -0.2) is 0 Å². The predicted molar refractivity (Wildman–Crippen MR) is 64.9 cm³/mol. The molecule has 1 aliphatic heterocycles. The summed E-state index contributed by atoms with van der Waals surface area (Å²) in [5, 5.41) is 5.18. The average molecular weight is 249 g/mol. The van der Waals surface area contributed by atoms with Gasteiger partial charge in [-0.05, 0) is 12.1 Å². The van der Waals surface area contributed by atoms with Gasteiger partial charge in [0.15, 0.2) is 6.61 Å². The Bertz CT molecular complexity index is 435. The van der Waals surface area contributed by atoms with Crippen molar-refractivity contribution in [3.63, 3.8) is 0 Å². The first-order valence-electron chi connectivity index (χ1n) is 5.68. The van der Waals surface area contributed by atoms with E-state index in [1.54, 1.807) is 12.1 Å². The van der Waals surface area contributed by atoms with Crippen LogP contribution in [0.15, 0.2) is 30.3 Å². The number of nitrogens with one attached hydrogen (secondary N) is 2. The summed E-state index contributed by atoms with van der Waals surface area (Å²) in [5.74, 6) is 0.0664. The Kier molecular flexibility index (Phi) is 3.78. The number of para-hydroxylation sites is 1. The first kappa shape index (κ1) is 12.4. The maximum atomic E-state index is 11.6. The smallest absolute Gasteiger partial charge is 0.258 e. The van der Waals surface area contributed by atoms with Crippen LogP contribution in [0.1, 0.15) is 0 Å². The summed E-state index contributed by atoms with van der Waals surface area (Å²) < 4.78 is 5.27. The maximum absolute atomic E-state index is 11.6. The molecule has 0 radical (unpaired) electrons. The number of β-lactam (4-membered cyclic amide) rings is 1. The highest BCUT2D eigenvalue weighted by atomic mass is 16.5. The number of carbonyl (C=O) groups is 2. The number of amides is 2. The van der Waals surface area contributed by atoms with Gasteiger partial charge in [0.05, 0.1) is 6.04 Å². The molecule has 6 heteroatoms. The van der Waals surface area contributed by atoms with Crippen LogP contribution in [0.5, 0.6) is 5.75 Å². The zero-order valence-corrected chi connectivity index (χ0v) is 9.76. The van der Waals surface area contributed by atoms with E-state index in [1.807, 2.05) is 18.2 Å². The number of ether oxygens (including phenoxy) is 1. The first-order valence-corrected chi connectivity index (χ1v) is 5.68. The Morgan fingerprint density at radius 2 is 2.11 bits per heavy atom. The zero-order valence-electron chi connectivity index (χ0n) is 9.76. The van der Waals surface area contributed by atoms with Crippen LogP contribution in [0.4, 0.5) is 0 Å². The van der Waals surface area contributed by atoms with Gasteiger partial charge in [0.2, 0.25) is 5.91 Å². The number of benzene rings is 1. The minimum atomic E-state index is -0.540. The Labute approximate surface area is 104 Å². The molecule has 2 amide bonds. The van der Waals surface area contributed by atoms with Crippen molar-refractivity contribution >= 4 is 11.8 Å². The molecular weight excluding hydrogens is 234 g/mol. The zero-order chi connectivity index (χ0) is 13.0. The van der Waals surface area contributed by atoms with Crippen LogP contribution < -0.4 is 21.1 Å². The van der Waals surface area contributed by atoms with Crippen LogP contribution in [-0.2, 0) is 9.59 Å². The summed E-state index contributed by atoms with van der Waals surface area (Å²) in [6.07, 6.45) is 0. The largest absolute Gasteiger partial charge is 0.484 e. The van der Waals surface area contributed by atoms with Gasteiger partial charge >= 0.3 is 0 Å². The van der Waals surface area contributed by atoms with Crippen molar-refractivity contribution in [1.82, 2.24) is 10.6 Å². The summed E-state index contributed by atoms with van der Waals surface area (Å²) in [6.45, 7) is 0.182. The maximum Gasteiger partial charge on any atom is 0.258 e. The van der Waals surface area contributed by atoms with E-state index in [1.165, 1.54) is 0 Å². The highest BCUT2D eigenvalue weighted by Gasteiger charge is 2.39. The van der Waals surface area contributed by atoms with Gasteiger partial charge in [0, 0.05) is 6.54 Å². The van der Waals surface area contributed by atoms with Crippen molar-refractivity contribution in [1.29, 1.82) is 0 Å². The fourth-order valence-corrected chi connectivity index (χ4v) is 1.68. The molecule has 1 aromatic rings. The number of hydrogen-bond donors (Lipinski definition) is 3. The van der Waals surface area contributed by atoms with E-state index in [0.717, 1.165) is 0 Å². The molecule has 1 saturated heterocycles. The number of hydrogen-bond acceptors (Lipinski definition) is 4. The monoisotopic (exact) mass is 249 g/mol. The predicted octanol–water partition coefficient (Wildman–Crippen LogP) is -0.993. The number of nitrogens with two attached hydrogens (primary N) is 1. The third-order valence-electron chi connectivity index (χ3n) is 2.70. The molecule has 2 atom stereocenters. The van der Waals surface area contributed by atoms with Gasteiger partial charge < -0.3 is 21.1 Å². The lowest BCUT2D eigenvalue weighted by atomic mass is 9.99. The number of carbonyl (C=O) groups excluding carboxylic acids is 2. The van der Waals surface area contributed by atoms with Crippen molar-refractivity contribution < 1.29 is 14.3 Å². The summed E-state index contributed by atoms with van der Waals surface area (Å²) in [6, 6.07) is 8.28. The Morgan fingerprint density at radius 1 is 1.39 bits per heavy atom. The molecule has 0 unspecified atom stereocenters. The van der Waals surface area contributed by atoms with Crippen molar-refractivity contribution in [2.45, 2.75) is 12.1 Å². The molecular formula is C12H15N3O3. The van der Waals surface area contributed by atoms with Crippen LogP contribution in [0.2, 0.25) is 0 Å². The van der Waals surface area contributed by atoms with Crippen molar-refractivity contribution in [3.8, 4) is 5.75 Å². The Balaban J connectivity index is 1.77. The lowest BCUT2D eigenvalue weighted by Crippen LogP contribution is -2.71. The van der Waals surface area contributed by atoms with E-state index in [2.05, 4.69) is 10.6 Å². The Morgan fingerprint density at radius 3 is 2.72 bits per heavy atom. The fraction of sp³-hybridized carbons (Fsp3) is 0.333. The van der Waals surface area contributed by atoms with Crippen molar-refractivity contribution in [2.75, 3.05) is 13.2 Å². The molecule has 1 aliphatic rings. The minimum absolute atomic E-state index is 0.120. The fourth-order valence-electron chi connectivity index (χ4n) is 1.68. The standard InChI is InChI=1S/C12H15N3O3/c13-6-9-11(12(17)14-9)15-10(16)7-18-8-4-2-1-3-5-8/h1-5,9,11H,6-7,13H2,(H,14,17)(H,15,16)/t9-,11+/m0/s1. The quantitative estimate of drug-likeness (QED) is 0.584. The van der Waals surface area contributed by atoms with E-state index < -0.39 is 6.04 Å². The molecule has 1 fully saturated rings. The second-order valence-corrected chi connectivity index (χ2v) is 4.00. The molecule has 0 spiro atoms. The molecule has 1 heterocycles. The summed E-state index contributed by atoms with van der Waals surface area (Å²) in [4.78, 5) is 22.8. The normalized spacial score (nSPS) is 21.7. The van der Waals surface area contributed by atoms with E-state index in [4.69, 9.17) is 10.5 Å². The molecule has 1 aromatic carbocycles. The molecule has 18 heavy (non-hydrogen) atoms. The van der Waals surface area contributed by atoms with E-state index in [9.17, 15) is 9.59 Å². The van der Waals surface area contributed by atoms with E-state index >= 15 is 0 Å². The molecule has 96 valence electrons. The number of rotatable bonds is 5. The summed E-state index contributed by atoms with van der Waals surface area (Å²) in [7, 11) is 0. The van der Waals surface area contributed by atoms with Gasteiger partial charge in [-0.1, -0.05) is 18.2 Å². The van der Waals surface area contributed by atoms with Crippen LogP contribution in [0.3, 0.4) is 0 Å². The first-order chi connectivity index (χ1) is 8.70. The average Bonchev–Trinajstić information content (AvgIpc) is 2.41. The van der Waals surface area contributed by atoms with E-state index in [-0.39, 0.29) is 24.5 Å². The lowest BCUT2D eigenvalue weighted by molar-refractivity contribution is -0.136. The van der Waals surface area contributed by atoms with Crippen LogP contribution in [-0.4, -0.2) is 37.0 Å². The second-order valence-electron chi connectivity index (χ2n) is 4.00. The van der Waals surface area contributed by atoms with Crippen molar-refractivity contribution in [2.24, 2.45) is 5.73 Å². The van der Waals surface area contributed by atoms with Gasteiger partial charge in [0.25, 0.3) is 5.91 Å². The van der Waals surface area contributed by atoms with Gasteiger partial charge in [-0.3, -0.25) is 9.59 Å². The van der Waals surface area contributed by atoms with Gasteiger partial charge in [-0.15, -0.1) is 0 Å². The topological polar surface area (TPSA) is 93.5 Å². The van der Waals surface area contributed by atoms with Crippen LogP contribution in [0.25, 0.3) is 0 Å². The molecule has 4 N–H and O–H groups in total.